The molecule has 0 amide bonds. The number of rotatable bonds is 1. The first-order valence-corrected chi connectivity index (χ1v) is 5.56. The van der Waals surface area contributed by atoms with E-state index >= 15 is 0 Å². The summed E-state index contributed by atoms with van der Waals surface area (Å²) in [5.41, 5.74) is -1.01. The van der Waals surface area contributed by atoms with E-state index < -0.39 is 40.1 Å². The van der Waals surface area contributed by atoms with Crippen LogP contribution in [0.25, 0.3) is 0 Å². The van der Waals surface area contributed by atoms with Gasteiger partial charge >= 0.3 is 6.18 Å². The highest BCUT2D eigenvalue weighted by molar-refractivity contribution is 6.25. The molecule has 0 spiro atoms. The lowest BCUT2D eigenvalue weighted by Crippen LogP contribution is -2.48. The molecule has 1 N–H and O–H groups in total. The van der Waals surface area contributed by atoms with Crippen LogP contribution in [0.2, 0.25) is 0 Å². The van der Waals surface area contributed by atoms with Crippen molar-refractivity contribution in [3.05, 3.63) is 21.9 Å². The number of hydrogen-bond acceptors (Lipinski definition) is 4. The highest BCUT2D eigenvalue weighted by Gasteiger charge is 2.55. The van der Waals surface area contributed by atoms with E-state index in [-0.39, 0.29) is 5.84 Å². The Morgan fingerprint density at radius 2 is 2.17 bits per heavy atom. The average Bonchev–Trinajstić information content (AvgIpc) is 2.53. The molecule has 9 heteroatoms. The monoisotopic (exact) mass is 283 g/mol. The number of nitro groups is 1. The van der Waals surface area contributed by atoms with Gasteiger partial charge in [0, 0.05) is 11.1 Å². The van der Waals surface area contributed by atoms with Gasteiger partial charge in [0.05, 0.1) is 11.0 Å². The molecule has 0 aromatic carbocycles. The van der Waals surface area contributed by atoms with Gasteiger partial charge in [-0.05, 0) is 6.92 Å². The fourth-order valence-corrected chi connectivity index (χ4v) is 2.71. The van der Waals surface area contributed by atoms with Crippen LogP contribution in [0.4, 0.5) is 13.2 Å². The summed E-state index contributed by atoms with van der Waals surface area (Å²) in [6, 6.07) is -1.93. The van der Waals surface area contributed by atoms with Crippen LogP contribution in [0, 0.1) is 16.0 Å². The predicted molar refractivity (Wildman–Crippen MR) is 58.1 cm³/mol. The molecule has 0 saturated heterocycles. The Morgan fingerprint density at radius 1 is 1.56 bits per heavy atom. The fraction of sp³-hybridized carbons (Fsp3) is 0.667. The molecule has 0 radical (unpaired) electrons. The molecule has 2 rings (SSSR count). The summed E-state index contributed by atoms with van der Waals surface area (Å²) in [5, 5.41) is 11.8. The lowest BCUT2D eigenvalue weighted by Gasteiger charge is -2.28. The van der Waals surface area contributed by atoms with Crippen molar-refractivity contribution in [2.24, 2.45) is 10.9 Å². The van der Waals surface area contributed by atoms with Crippen LogP contribution >= 0.6 is 11.6 Å². The molecule has 0 aliphatic carbocycles. The number of fused-ring (bicyclic) bond motifs is 1. The molecule has 0 aromatic heterocycles. The van der Waals surface area contributed by atoms with E-state index in [0.29, 0.717) is 0 Å². The van der Waals surface area contributed by atoms with Crippen molar-refractivity contribution >= 4 is 17.4 Å². The van der Waals surface area contributed by atoms with Gasteiger partial charge in [-0.25, -0.2) is 0 Å². The highest BCUT2D eigenvalue weighted by Crippen LogP contribution is 2.40. The lowest BCUT2D eigenvalue weighted by molar-refractivity contribution is -0.529. The number of aliphatic imine (C=N–C) groups is 1. The van der Waals surface area contributed by atoms with E-state index in [1.165, 1.54) is 6.92 Å². The molecule has 0 aromatic rings. The molecule has 2 heterocycles. The maximum absolute atomic E-state index is 12.7. The fourth-order valence-electron chi connectivity index (χ4n) is 2.26. The van der Waals surface area contributed by atoms with E-state index in [9.17, 15) is 23.3 Å². The third-order valence-electron chi connectivity index (χ3n) is 3.08. The van der Waals surface area contributed by atoms with Crippen LogP contribution in [0.1, 0.15) is 6.92 Å². The van der Waals surface area contributed by atoms with E-state index in [2.05, 4.69) is 10.3 Å². The van der Waals surface area contributed by atoms with Gasteiger partial charge in [0.2, 0.25) is 6.04 Å². The predicted octanol–water partition coefficient (Wildman–Crippen LogP) is 1.71. The standard InChI is InChI=1S/C9H9ClF3N3O2/c1-3-7(16(17)18)5-6(10)4(9(11,12)13)2-14-8(5)15-3/h2-3,5-7H,1H3,(H,14,15). The van der Waals surface area contributed by atoms with Crippen LogP contribution in [-0.2, 0) is 0 Å². The van der Waals surface area contributed by atoms with Gasteiger partial charge in [-0.15, -0.1) is 11.6 Å². The molecule has 4 atom stereocenters. The van der Waals surface area contributed by atoms with Gasteiger partial charge in [0.25, 0.3) is 0 Å². The first kappa shape index (κ1) is 13.1. The van der Waals surface area contributed by atoms with Crippen molar-refractivity contribution in [1.29, 1.82) is 0 Å². The zero-order chi connectivity index (χ0) is 13.7. The van der Waals surface area contributed by atoms with Crippen molar-refractivity contribution in [3.8, 4) is 0 Å². The summed E-state index contributed by atoms with van der Waals surface area (Å²) in [4.78, 5) is 14.2. The summed E-state index contributed by atoms with van der Waals surface area (Å²) in [5.74, 6) is -0.921. The molecule has 2 aliphatic heterocycles. The minimum absolute atomic E-state index is 0.150. The van der Waals surface area contributed by atoms with Crippen molar-refractivity contribution in [1.82, 2.24) is 5.32 Å². The highest BCUT2D eigenvalue weighted by atomic mass is 35.5. The second-order valence-electron chi connectivity index (χ2n) is 4.20. The SMILES string of the molecule is CC1N=C2NC=C(C(F)(F)F)C(Cl)C2C1[N+](=O)[O-]. The zero-order valence-electron chi connectivity index (χ0n) is 9.11. The summed E-state index contributed by atoms with van der Waals surface area (Å²) in [6.45, 7) is 1.48. The van der Waals surface area contributed by atoms with Crippen LogP contribution in [-0.4, -0.2) is 34.4 Å². The molecular formula is C9H9ClF3N3O2. The smallest absolute Gasteiger partial charge is 0.350 e. The number of alkyl halides is 4. The maximum Gasteiger partial charge on any atom is 0.415 e. The largest absolute Gasteiger partial charge is 0.415 e. The van der Waals surface area contributed by atoms with Gasteiger partial charge < -0.3 is 5.32 Å². The Bertz CT molecular complexity index is 449. The van der Waals surface area contributed by atoms with Crippen molar-refractivity contribution in [2.45, 2.75) is 30.6 Å². The lowest BCUT2D eigenvalue weighted by atomic mass is 9.88. The van der Waals surface area contributed by atoms with Gasteiger partial charge in [-0.3, -0.25) is 15.1 Å². The number of nitrogens with zero attached hydrogens (tertiary/aromatic N) is 2. The Balaban J connectivity index is 2.36. The van der Waals surface area contributed by atoms with Crippen LogP contribution in [0.3, 0.4) is 0 Å². The van der Waals surface area contributed by atoms with Gasteiger partial charge in [-0.2, -0.15) is 13.2 Å². The van der Waals surface area contributed by atoms with E-state index in [1.807, 2.05) is 0 Å². The minimum atomic E-state index is -4.61. The van der Waals surface area contributed by atoms with E-state index in [1.54, 1.807) is 0 Å². The number of halogens is 4. The van der Waals surface area contributed by atoms with Crippen LogP contribution < -0.4 is 5.32 Å². The van der Waals surface area contributed by atoms with Gasteiger partial charge in [0.15, 0.2) is 0 Å². The second kappa shape index (κ2) is 4.11. The van der Waals surface area contributed by atoms with Crippen molar-refractivity contribution < 1.29 is 18.1 Å². The summed E-state index contributed by atoms with van der Waals surface area (Å²) in [7, 11) is 0. The van der Waals surface area contributed by atoms with E-state index in [4.69, 9.17) is 11.6 Å². The quantitative estimate of drug-likeness (QED) is 0.452. The minimum Gasteiger partial charge on any atom is -0.350 e. The molecule has 0 saturated carbocycles. The molecule has 5 nitrogen and oxygen atoms in total. The molecular weight excluding hydrogens is 275 g/mol. The topological polar surface area (TPSA) is 67.5 Å². The molecule has 18 heavy (non-hydrogen) atoms. The van der Waals surface area contributed by atoms with Crippen molar-refractivity contribution in [2.75, 3.05) is 0 Å². The average molecular weight is 284 g/mol. The normalized spacial score (nSPS) is 35.4. The third-order valence-corrected chi connectivity index (χ3v) is 3.59. The Morgan fingerprint density at radius 3 is 2.67 bits per heavy atom. The molecule has 4 unspecified atom stereocenters. The Hall–Kier alpha value is -1.31. The number of amidine groups is 1. The number of nitrogens with one attached hydrogen (secondary N) is 1. The Labute approximate surface area is 105 Å². The molecule has 2 aliphatic rings. The molecule has 0 fully saturated rings. The first-order chi connectivity index (χ1) is 8.23. The first-order valence-electron chi connectivity index (χ1n) is 5.12. The molecule has 100 valence electrons. The van der Waals surface area contributed by atoms with Crippen LogP contribution in [0.5, 0.6) is 0 Å². The maximum atomic E-state index is 12.7. The van der Waals surface area contributed by atoms with Gasteiger partial charge in [-0.1, -0.05) is 0 Å². The molecule has 0 bridgehead atoms. The van der Waals surface area contributed by atoms with Gasteiger partial charge in [0.1, 0.15) is 17.8 Å². The second-order valence-corrected chi connectivity index (χ2v) is 4.67. The summed E-state index contributed by atoms with van der Waals surface area (Å²) >= 11 is 5.76. The third kappa shape index (κ3) is 1.94. The zero-order valence-corrected chi connectivity index (χ0v) is 9.87. The van der Waals surface area contributed by atoms with Crippen LogP contribution in [0.15, 0.2) is 16.8 Å². The Kier molecular flexibility index (Phi) is 3.00. The summed E-state index contributed by atoms with van der Waals surface area (Å²) < 4.78 is 38.0. The number of hydrogen-bond donors (Lipinski definition) is 1. The van der Waals surface area contributed by atoms with Crippen molar-refractivity contribution in [3.63, 3.8) is 0 Å². The number of allylic oxidation sites excluding steroid dienone is 1. The van der Waals surface area contributed by atoms with E-state index in [0.717, 1.165) is 6.20 Å². The summed E-state index contributed by atoms with van der Waals surface area (Å²) in [6.07, 6.45) is -3.89.